The molecule has 0 unspecified atom stereocenters. The van der Waals surface area contributed by atoms with Crippen molar-refractivity contribution in [1.29, 1.82) is 0 Å². The highest BCUT2D eigenvalue weighted by Crippen LogP contribution is 2.20. The second-order valence-corrected chi connectivity index (χ2v) is 3.59. The fourth-order valence-corrected chi connectivity index (χ4v) is 1.28. The largest absolute Gasteiger partial charge is 0.300 e. The summed E-state index contributed by atoms with van der Waals surface area (Å²) in [4.78, 5) is 10.7. The van der Waals surface area contributed by atoms with Gasteiger partial charge in [-0.2, -0.15) is 0 Å². The zero-order valence-corrected chi connectivity index (χ0v) is 8.49. The van der Waals surface area contributed by atoms with E-state index in [1.165, 1.54) is 6.92 Å². The Hall–Kier alpha value is -0.770. The third-order valence-corrected chi connectivity index (χ3v) is 2.14. The molecule has 0 N–H and O–H groups in total. The van der Waals surface area contributed by atoms with Crippen LogP contribution in [-0.2, 0) is 11.2 Å². The molecule has 0 aliphatic carbocycles. The Bertz CT molecular complexity index is 350. The van der Waals surface area contributed by atoms with E-state index >= 15 is 0 Å². The number of rotatable bonds is 2. The Morgan fingerprint density at radius 2 is 2.00 bits per heavy atom. The number of ketones is 1. The highest BCUT2D eigenvalue weighted by molar-refractivity contribution is 9.10. The normalized spacial score (nSPS) is 10.2. The van der Waals surface area contributed by atoms with Crippen molar-refractivity contribution >= 4 is 21.7 Å². The van der Waals surface area contributed by atoms with Gasteiger partial charge in [0.25, 0.3) is 0 Å². The van der Waals surface area contributed by atoms with E-state index in [2.05, 4.69) is 15.9 Å². The molecule has 1 aromatic rings. The highest BCUT2D eigenvalue weighted by Gasteiger charge is 2.09. The van der Waals surface area contributed by atoms with Crippen molar-refractivity contribution < 1.29 is 13.6 Å². The summed E-state index contributed by atoms with van der Waals surface area (Å²) in [6.45, 7) is 1.33. The minimum atomic E-state index is -0.566. The number of Topliss-reactive ketones (excluding diaryl/α,β-unsaturated/α-hetero) is 1. The summed E-state index contributed by atoms with van der Waals surface area (Å²) in [5, 5.41) is 0. The lowest BCUT2D eigenvalue weighted by Gasteiger charge is -2.01. The summed E-state index contributed by atoms with van der Waals surface area (Å²) < 4.78 is 26.0. The lowest BCUT2D eigenvalue weighted by molar-refractivity contribution is -0.116. The molecule has 1 aromatic carbocycles. The quantitative estimate of drug-likeness (QED) is 0.736. The summed E-state index contributed by atoms with van der Waals surface area (Å²) in [6, 6.07) is 2.05. The van der Waals surface area contributed by atoms with Gasteiger partial charge in [0.1, 0.15) is 17.4 Å². The molecule has 0 fully saturated rings. The molecule has 70 valence electrons. The van der Waals surface area contributed by atoms with Gasteiger partial charge < -0.3 is 0 Å². The third-order valence-electron chi connectivity index (χ3n) is 1.53. The second-order valence-electron chi connectivity index (χ2n) is 2.74. The van der Waals surface area contributed by atoms with Gasteiger partial charge in [-0.15, -0.1) is 0 Å². The molecular weight excluding hydrogens is 242 g/mol. The molecule has 0 aliphatic rings. The van der Waals surface area contributed by atoms with Crippen LogP contribution in [0.4, 0.5) is 8.78 Å². The minimum Gasteiger partial charge on any atom is -0.300 e. The van der Waals surface area contributed by atoms with E-state index in [9.17, 15) is 13.6 Å². The molecule has 0 amide bonds. The van der Waals surface area contributed by atoms with Gasteiger partial charge in [-0.3, -0.25) is 4.79 Å². The van der Waals surface area contributed by atoms with Crippen molar-refractivity contribution in [2.24, 2.45) is 0 Å². The molecule has 0 heterocycles. The fraction of sp³-hybridized carbons (Fsp3) is 0.222. The Labute approximate surface area is 82.9 Å². The van der Waals surface area contributed by atoms with E-state index in [1.807, 2.05) is 0 Å². The van der Waals surface area contributed by atoms with Crippen LogP contribution in [0.1, 0.15) is 12.5 Å². The predicted molar refractivity (Wildman–Crippen MR) is 48.4 cm³/mol. The number of benzene rings is 1. The van der Waals surface area contributed by atoms with Gasteiger partial charge in [0.05, 0.1) is 4.47 Å². The van der Waals surface area contributed by atoms with E-state index in [0.717, 1.165) is 12.1 Å². The Morgan fingerprint density at radius 1 is 1.38 bits per heavy atom. The van der Waals surface area contributed by atoms with Crippen molar-refractivity contribution in [3.63, 3.8) is 0 Å². The zero-order chi connectivity index (χ0) is 10.0. The number of carbonyl (C=O) groups excluding carboxylic acids is 1. The van der Waals surface area contributed by atoms with E-state index in [4.69, 9.17) is 0 Å². The summed E-state index contributed by atoms with van der Waals surface area (Å²) >= 11 is 2.85. The summed E-state index contributed by atoms with van der Waals surface area (Å²) in [5.41, 5.74) is 0.0909. The second kappa shape index (κ2) is 3.96. The maximum Gasteiger partial charge on any atom is 0.137 e. The van der Waals surface area contributed by atoms with E-state index in [1.54, 1.807) is 0 Å². The van der Waals surface area contributed by atoms with Crippen LogP contribution in [0.25, 0.3) is 0 Å². The standard InChI is InChI=1S/C9H7BrF2O/c1-5(13)2-6-3-9(12)7(10)4-8(6)11/h3-4H,2H2,1H3. The molecule has 0 saturated heterocycles. The van der Waals surface area contributed by atoms with Gasteiger partial charge in [0.15, 0.2) is 0 Å². The summed E-state index contributed by atoms with van der Waals surface area (Å²) in [7, 11) is 0. The Kier molecular flexibility index (Phi) is 3.14. The van der Waals surface area contributed by atoms with Crippen LogP contribution >= 0.6 is 15.9 Å². The van der Waals surface area contributed by atoms with Crippen LogP contribution in [0.3, 0.4) is 0 Å². The number of carbonyl (C=O) groups is 1. The first kappa shape index (κ1) is 10.3. The van der Waals surface area contributed by atoms with Crippen molar-refractivity contribution in [2.45, 2.75) is 13.3 Å². The molecule has 0 aliphatic heterocycles. The molecule has 0 saturated carbocycles. The first-order valence-electron chi connectivity index (χ1n) is 3.63. The predicted octanol–water partition coefficient (Wildman–Crippen LogP) is 2.86. The molecule has 4 heteroatoms. The lowest BCUT2D eigenvalue weighted by atomic mass is 10.1. The van der Waals surface area contributed by atoms with Crippen molar-refractivity contribution in [3.8, 4) is 0 Å². The first-order valence-corrected chi connectivity index (χ1v) is 4.43. The van der Waals surface area contributed by atoms with Crippen LogP contribution in [0.15, 0.2) is 16.6 Å². The van der Waals surface area contributed by atoms with E-state index in [0.29, 0.717) is 0 Å². The smallest absolute Gasteiger partial charge is 0.137 e. The van der Waals surface area contributed by atoms with Crippen LogP contribution in [0.5, 0.6) is 0 Å². The lowest BCUT2D eigenvalue weighted by Crippen LogP contribution is -2.00. The summed E-state index contributed by atoms with van der Waals surface area (Å²) in [6.07, 6.45) is -0.0734. The van der Waals surface area contributed by atoms with Crippen molar-refractivity contribution in [1.82, 2.24) is 0 Å². The van der Waals surface area contributed by atoms with E-state index in [-0.39, 0.29) is 22.2 Å². The number of hydrogen-bond donors (Lipinski definition) is 0. The van der Waals surface area contributed by atoms with Gasteiger partial charge in [-0.05, 0) is 40.5 Å². The maximum atomic E-state index is 13.0. The van der Waals surface area contributed by atoms with Gasteiger partial charge in [0, 0.05) is 6.42 Å². The molecule has 1 rings (SSSR count). The number of hydrogen-bond acceptors (Lipinski definition) is 1. The van der Waals surface area contributed by atoms with Gasteiger partial charge in [0.2, 0.25) is 0 Å². The topological polar surface area (TPSA) is 17.1 Å². The fourth-order valence-electron chi connectivity index (χ4n) is 0.967. The average molecular weight is 249 g/mol. The summed E-state index contributed by atoms with van der Waals surface area (Å²) in [5.74, 6) is -1.32. The molecule has 0 bridgehead atoms. The SMILES string of the molecule is CC(=O)Cc1cc(F)c(Br)cc1F. The number of halogens is 3. The van der Waals surface area contributed by atoms with Crippen LogP contribution < -0.4 is 0 Å². The highest BCUT2D eigenvalue weighted by atomic mass is 79.9. The molecule has 1 nitrogen and oxygen atoms in total. The molecule has 0 radical (unpaired) electrons. The monoisotopic (exact) mass is 248 g/mol. The minimum absolute atomic E-state index is 0.0669. The van der Waals surface area contributed by atoms with Gasteiger partial charge in [-0.1, -0.05) is 0 Å². The molecule has 13 heavy (non-hydrogen) atoms. The first-order chi connectivity index (χ1) is 6.00. The molecule has 0 atom stereocenters. The van der Waals surface area contributed by atoms with Gasteiger partial charge in [-0.25, -0.2) is 8.78 Å². The van der Waals surface area contributed by atoms with Crippen LogP contribution in [0, 0.1) is 11.6 Å². The Balaban J connectivity index is 3.08. The van der Waals surface area contributed by atoms with Gasteiger partial charge >= 0.3 is 0 Å². The average Bonchev–Trinajstić information content (AvgIpc) is 1.99. The van der Waals surface area contributed by atoms with Crippen LogP contribution in [0.2, 0.25) is 0 Å². The molecule has 0 aromatic heterocycles. The zero-order valence-electron chi connectivity index (χ0n) is 6.90. The maximum absolute atomic E-state index is 13.0. The van der Waals surface area contributed by atoms with E-state index < -0.39 is 11.6 Å². The van der Waals surface area contributed by atoms with Crippen LogP contribution in [-0.4, -0.2) is 5.78 Å². The van der Waals surface area contributed by atoms with Crippen molar-refractivity contribution in [2.75, 3.05) is 0 Å². The Morgan fingerprint density at radius 3 is 2.54 bits per heavy atom. The molecular formula is C9H7BrF2O. The van der Waals surface area contributed by atoms with Crippen molar-refractivity contribution in [3.05, 3.63) is 33.8 Å². The third kappa shape index (κ3) is 2.59. The molecule has 0 spiro atoms.